The zero-order chi connectivity index (χ0) is 14.9. The Hall–Kier alpha value is -1.36. The molecule has 0 saturated carbocycles. The molecule has 4 heteroatoms. The van der Waals surface area contributed by atoms with Crippen molar-refractivity contribution in [2.24, 2.45) is 0 Å². The summed E-state index contributed by atoms with van der Waals surface area (Å²) in [4.78, 5) is 1.38. The van der Waals surface area contributed by atoms with Crippen molar-refractivity contribution in [2.75, 3.05) is 13.1 Å². The van der Waals surface area contributed by atoms with Gasteiger partial charge in [-0.05, 0) is 43.0 Å². The Kier molecular flexibility index (Phi) is 6.73. The topological polar surface area (TPSA) is 33.3 Å². The smallest absolute Gasteiger partial charge is 0.119 e. The van der Waals surface area contributed by atoms with Crippen molar-refractivity contribution in [2.45, 2.75) is 33.0 Å². The molecule has 2 N–H and O–H groups in total. The van der Waals surface area contributed by atoms with Crippen LogP contribution in [-0.2, 0) is 13.1 Å². The lowest BCUT2D eigenvalue weighted by atomic mass is 10.2. The molecule has 0 radical (unpaired) electrons. The van der Waals surface area contributed by atoms with Crippen LogP contribution < -0.4 is 15.4 Å². The monoisotopic (exact) mass is 304 g/mol. The van der Waals surface area contributed by atoms with Gasteiger partial charge in [0.15, 0.2) is 0 Å². The second kappa shape index (κ2) is 8.82. The Morgan fingerprint density at radius 1 is 1.00 bits per heavy atom. The van der Waals surface area contributed by atoms with E-state index in [9.17, 15) is 0 Å². The predicted molar refractivity (Wildman–Crippen MR) is 89.9 cm³/mol. The van der Waals surface area contributed by atoms with Gasteiger partial charge in [0.2, 0.25) is 0 Å². The molecule has 0 aliphatic heterocycles. The fourth-order valence-electron chi connectivity index (χ4n) is 1.99. The first-order chi connectivity index (χ1) is 10.2. The quantitative estimate of drug-likeness (QED) is 0.697. The zero-order valence-corrected chi connectivity index (χ0v) is 13.6. The minimum absolute atomic E-state index is 0.225. The number of ether oxygens (including phenoxy) is 1. The van der Waals surface area contributed by atoms with Crippen LogP contribution in [0.3, 0.4) is 0 Å². The van der Waals surface area contributed by atoms with E-state index in [1.807, 2.05) is 26.0 Å². The molecule has 0 spiro atoms. The van der Waals surface area contributed by atoms with Crippen LogP contribution in [0.25, 0.3) is 0 Å². The van der Waals surface area contributed by atoms with Gasteiger partial charge in [-0.3, -0.25) is 0 Å². The number of hydrogen-bond donors (Lipinski definition) is 2. The van der Waals surface area contributed by atoms with E-state index >= 15 is 0 Å². The van der Waals surface area contributed by atoms with Gasteiger partial charge < -0.3 is 15.4 Å². The van der Waals surface area contributed by atoms with Crippen LogP contribution in [0.1, 0.15) is 24.3 Å². The average molecular weight is 304 g/mol. The van der Waals surface area contributed by atoms with Crippen molar-refractivity contribution in [1.29, 1.82) is 0 Å². The van der Waals surface area contributed by atoms with E-state index in [4.69, 9.17) is 4.74 Å². The molecule has 114 valence electrons. The minimum Gasteiger partial charge on any atom is -0.491 e. The van der Waals surface area contributed by atoms with Gasteiger partial charge in [0.05, 0.1) is 6.10 Å². The van der Waals surface area contributed by atoms with Crippen LogP contribution in [0.4, 0.5) is 0 Å². The maximum atomic E-state index is 5.63. The van der Waals surface area contributed by atoms with Crippen molar-refractivity contribution < 1.29 is 4.74 Å². The third-order valence-corrected chi connectivity index (χ3v) is 3.86. The highest BCUT2D eigenvalue weighted by atomic mass is 32.1. The number of rotatable bonds is 9. The first-order valence-corrected chi connectivity index (χ1v) is 8.31. The van der Waals surface area contributed by atoms with Crippen LogP contribution in [0.5, 0.6) is 5.75 Å². The van der Waals surface area contributed by atoms with Crippen LogP contribution in [0.2, 0.25) is 0 Å². The molecule has 0 aliphatic rings. The van der Waals surface area contributed by atoms with E-state index in [-0.39, 0.29) is 6.10 Å². The van der Waals surface area contributed by atoms with Crippen molar-refractivity contribution in [3.05, 3.63) is 52.2 Å². The molecular weight excluding hydrogens is 280 g/mol. The van der Waals surface area contributed by atoms with Gasteiger partial charge in [0.25, 0.3) is 0 Å². The van der Waals surface area contributed by atoms with Gasteiger partial charge in [0.1, 0.15) is 5.75 Å². The molecular formula is C17H24N2OS. The maximum Gasteiger partial charge on any atom is 0.119 e. The van der Waals surface area contributed by atoms with E-state index in [1.54, 1.807) is 11.3 Å². The first-order valence-electron chi connectivity index (χ1n) is 7.43. The van der Waals surface area contributed by atoms with Crippen molar-refractivity contribution >= 4 is 11.3 Å². The lowest BCUT2D eigenvalue weighted by Crippen LogP contribution is -2.26. The summed E-state index contributed by atoms with van der Waals surface area (Å²) in [5.74, 6) is 0.936. The van der Waals surface area contributed by atoms with Crippen molar-refractivity contribution in [3.8, 4) is 5.75 Å². The third-order valence-electron chi connectivity index (χ3n) is 2.98. The van der Waals surface area contributed by atoms with E-state index in [1.165, 1.54) is 10.4 Å². The van der Waals surface area contributed by atoms with Crippen LogP contribution in [0, 0.1) is 0 Å². The molecule has 0 aliphatic carbocycles. The van der Waals surface area contributed by atoms with Gasteiger partial charge in [-0.15, -0.1) is 11.3 Å². The number of nitrogens with one attached hydrogen (secondary N) is 2. The Morgan fingerprint density at radius 2 is 1.71 bits per heavy atom. The van der Waals surface area contributed by atoms with Gasteiger partial charge in [-0.25, -0.2) is 0 Å². The highest BCUT2D eigenvalue weighted by molar-refractivity contribution is 7.09. The maximum absolute atomic E-state index is 5.63. The largest absolute Gasteiger partial charge is 0.491 e. The molecule has 0 bridgehead atoms. The molecule has 0 atom stereocenters. The van der Waals surface area contributed by atoms with Crippen LogP contribution in [0.15, 0.2) is 41.8 Å². The number of thiophene rings is 1. The Labute approximate surface area is 131 Å². The molecule has 1 heterocycles. The van der Waals surface area contributed by atoms with E-state index < -0.39 is 0 Å². The lowest BCUT2D eigenvalue weighted by molar-refractivity contribution is 0.242. The fraction of sp³-hybridized carbons (Fsp3) is 0.412. The summed E-state index contributed by atoms with van der Waals surface area (Å²) in [6, 6.07) is 12.5. The number of benzene rings is 1. The summed E-state index contributed by atoms with van der Waals surface area (Å²) in [5, 5.41) is 8.99. The molecule has 21 heavy (non-hydrogen) atoms. The molecule has 0 saturated heterocycles. The lowest BCUT2D eigenvalue weighted by Gasteiger charge is -2.10. The minimum atomic E-state index is 0.225. The molecule has 2 rings (SSSR count). The Morgan fingerprint density at radius 3 is 2.33 bits per heavy atom. The second-order valence-corrected chi connectivity index (χ2v) is 6.28. The summed E-state index contributed by atoms with van der Waals surface area (Å²) in [7, 11) is 0. The molecule has 0 fully saturated rings. The normalized spacial score (nSPS) is 11.0. The summed E-state index contributed by atoms with van der Waals surface area (Å²) >= 11 is 1.79. The van der Waals surface area contributed by atoms with Crippen molar-refractivity contribution in [3.63, 3.8) is 0 Å². The molecule has 0 amide bonds. The SMILES string of the molecule is CC(C)Oc1ccc(CNCCNCc2cccs2)cc1. The Bertz CT molecular complexity index is 494. The molecule has 2 aromatic rings. The van der Waals surface area contributed by atoms with Gasteiger partial charge in [-0.2, -0.15) is 0 Å². The van der Waals surface area contributed by atoms with Gasteiger partial charge in [-0.1, -0.05) is 18.2 Å². The molecule has 0 unspecified atom stereocenters. The zero-order valence-electron chi connectivity index (χ0n) is 12.8. The summed E-state index contributed by atoms with van der Waals surface area (Å²) in [6.45, 7) is 7.88. The molecule has 3 nitrogen and oxygen atoms in total. The summed E-state index contributed by atoms with van der Waals surface area (Å²) in [6.07, 6.45) is 0.225. The number of hydrogen-bond acceptors (Lipinski definition) is 4. The molecule has 1 aromatic heterocycles. The first kappa shape index (κ1) is 16.0. The molecule has 1 aromatic carbocycles. The summed E-state index contributed by atoms with van der Waals surface area (Å²) in [5.41, 5.74) is 1.28. The van der Waals surface area contributed by atoms with Gasteiger partial charge in [0, 0.05) is 31.1 Å². The fourth-order valence-corrected chi connectivity index (χ4v) is 2.67. The highest BCUT2D eigenvalue weighted by Gasteiger charge is 1.98. The predicted octanol–water partition coefficient (Wildman–Crippen LogP) is 3.41. The van der Waals surface area contributed by atoms with Crippen molar-refractivity contribution in [1.82, 2.24) is 10.6 Å². The highest BCUT2D eigenvalue weighted by Crippen LogP contribution is 2.13. The van der Waals surface area contributed by atoms with E-state index in [0.29, 0.717) is 0 Å². The standard InChI is InChI=1S/C17H24N2OS/c1-14(2)20-16-7-5-15(6-8-16)12-18-9-10-19-13-17-4-3-11-21-17/h3-8,11,14,18-19H,9-10,12-13H2,1-2H3. The van der Waals surface area contributed by atoms with Crippen LogP contribution >= 0.6 is 11.3 Å². The van der Waals surface area contributed by atoms with Gasteiger partial charge >= 0.3 is 0 Å². The van der Waals surface area contributed by atoms with Crippen LogP contribution in [-0.4, -0.2) is 19.2 Å². The summed E-state index contributed by atoms with van der Waals surface area (Å²) < 4.78 is 5.63. The third kappa shape index (κ3) is 6.29. The Balaban J connectivity index is 1.58. The average Bonchev–Trinajstić information content (AvgIpc) is 2.97. The van der Waals surface area contributed by atoms with E-state index in [2.05, 4.69) is 40.3 Å². The van der Waals surface area contributed by atoms with E-state index in [0.717, 1.165) is 31.9 Å². The second-order valence-electron chi connectivity index (χ2n) is 5.24.